The Labute approximate surface area is 260 Å². The van der Waals surface area contributed by atoms with Gasteiger partial charge >= 0.3 is 5.97 Å². The Morgan fingerprint density at radius 1 is 0.977 bits per heavy atom. The van der Waals surface area contributed by atoms with Crippen molar-refractivity contribution >= 4 is 34.4 Å². The molecule has 6 nitrogen and oxygen atoms in total. The first-order valence-electron chi connectivity index (χ1n) is 14.9. The molecule has 0 radical (unpaired) electrons. The Bertz CT molecular complexity index is 1630. The first kappa shape index (κ1) is 32.2. The minimum absolute atomic E-state index is 0.0735. The normalized spacial score (nSPS) is 13.3. The number of fused-ring (bicyclic) bond motifs is 1. The quantitative estimate of drug-likeness (QED) is 0.191. The molecule has 0 fully saturated rings. The van der Waals surface area contributed by atoms with Crippen LogP contribution in [0.2, 0.25) is 5.02 Å². The van der Waals surface area contributed by atoms with E-state index < -0.39 is 12.1 Å². The van der Waals surface area contributed by atoms with E-state index in [2.05, 4.69) is 75.7 Å². The van der Waals surface area contributed by atoms with Crippen LogP contribution in [0.1, 0.15) is 92.8 Å². The molecule has 3 aromatic carbocycles. The largest absolute Gasteiger partial charge is 0.479 e. The highest BCUT2D eigenvalue weighted by Crippen LogP contribution is 2.32. The van der Waals surface area contributed by atoms with Gasteiger partial charge in [-0.3, -0.25) is 4.79 Å². The van der Waals surface area contributed by atoms with Crippen molar-refractivity contribution in [2.75, 3.05) is 0 Å². The predicted octanol–water partition coefficient (Wildman–Crippen LogP) is 8.49. The number of aliphatic carboxylic acids is 1. The van der Waals surface area contributed by atoms with E-state index in [-0.39, 0.29) is 17.4 Å². The molecule has 2 atom stereocenters. The molecule has 0 aliphatic rings. The molecule has 228 valence electrons. The molecule has 43 heavy (non-hydrogen) atoms. The van der Waals surface area contributed by atoms with E-state index in [1.165, 1.54) is 12.5 Å². The lowest BCUT2D eigenvalue weighted by molar-refractivity contribution is -0.144. The number of nitrogens with zero attached hydrogens (tertiary/aromatic N) is 1. The number of benzene rings is 3. The van der Waals surface area contributed by atoms with E-state index in [9.17, 15) is 14.7 Å². The summed E-state index contributed by atoms with van der Waals surface area (Å²) in [5, 5.41) is 14.0. The van der Waals surface area contributed by atoms with Crippen LogP contribution in [0.3, 0.4) is 0 Å². The lowest BCUT2D eigenvalue weighted by Crippen LogP contribution is -2.26. The molecule has 4 rings (SSSR count). The summed E-state index contributed by atoms with van der Waals surface area (Å²) in [4.78, 5) is 24.7. The predicted molar refractivity (Wildman–Crippen MR) is 175 cm³/mol. The van der Waals surface area contributed by atoms with Crippen molar-refractivity contribution in [3.05, 3.63) is 99.2 Å². The highest BCUT2D eigenvalue weighted by atomic mass is 35.5. The maximum absolute atomic E-state index is 13.4. The number of carboxylic acid groups (broad SMARTS) is 1. The van der Waals surface area contributed by atoms with Crippen LogP contribution in [-0.4, -0.2) is 27.7 Å². The zero-order valence-electron chi connectivity index (χ0n) is 26.4. The van der Waals surface area contributed by atoms with Gasteiger partial charge in [0.25, 0.3) is 5.91 Å². The number of ether oxygens (including phenoxy) is 1. The monoisotopic (exact) mass is 602 g/mol. The van der Waals surface area contributed by atoms with Crippen LogP contribution in [0.5, 0.6) is 5.75 Å². The fourth-order valence-corrected chi connectivity index (χ4v) is 5.65. The van der Waals surface area contributed by atoms with E-state index in [1.54, 1.807) is 6.07 Å². The lowest BCUT2D eigenvalue weighted by Gasteiger charge is -2.21. The highest BCUT2D eigenvalue weighted by molar-refractivity contribution is 6.30. The topological polar surface area (TPSA) is 80.6 Å². The molecule has 0 aliphatic carbocycles. The van der Waals surface area contributed by atoms with Crippen LogP contribution in [0.4, 0.5) is 0 Å². The smallest absolute Gasteiger partial charge is 0.344 e. The van der Waals surface area contributed by atoms with Gasteiger partial charge in [-0.1, -0.05) is 76.6 Å². The molecule has 4 aromatic rings. The molecule has 0 saturated heterocycles. The minimum Gasteiger partial charge on any atom is -0.479 e. The maximum Gasteiger partial charge on any atom is 0.344 e. The average molecular weight is 603 g/mol. The van der Waals surface area contributed by atoms with Gasteiger partial charge in [0.2, 0.25) is 0 Å². The van der Waals surface area contributed by atoms with Gasteiger partial charge in [0, 0.05) is 40.1 Å². The highest BCUT2D eigenvalue weighted by Gasteiger charge is 2.20. The summed E-state index contributed by atoms with van der Waals surface area (Å²) in [5.41, 5.74) is 7.18. The van der Waals surface area contributed by atoms with Crippen molar-refractivity contribution < 1.29 is 19.4 Å². The van der Waals surface area contributed by atoms with Gasteiger partial charge in [-0.05, 0) is 84.7 Å². The molecular weight excluding hydrogens is 560 g/mol. The van der Waals surface area contributed by atoms with Crippen LogP contribution in [0.25, 0.3) is 10.9 Å². The maximum atomic E-state index is 13.4. The van der Waals surface area contributed by atoms with E-state index in [0.717, 1.165) is 39.8 Å². The van der Waals surface area contributed by atoms with Gasteiger partial charge < -0.3 is 19.7 Å². The fraction of sp³-hybridized carbons (Fsp3) is 0.389. The SMILES string of the molecule is Cc1c(Cc2cc(Cl)cc(O[C@H](C)C(=O)O)c2)c2ccc(C(=O)N[C@@H](C)c3ccc(C(C)(C)C)cc3)cc2n1CC(C)C. The Morgan fingerprint density at radius 2 is 1.65 bits per heavy atom. The molecule has 0 aliphatic heterocycles. The molecule has 0 unspecified atom stereocenters. The molecular formula is C36H43ClN2O4. The third-order valence-corrected chi connectivity index (χ3v) is 8.08. The van der Waals surface area contributed by atoms with Gasteiger partial charge in [0.1, 0.15) is 5.75 Å². The van der Waals surface area contributed by atoms with E-state index in [4.69, 9.17) is 16.3 Å². The average Bonchev–Trinajstić information content (AvgIpc) is 3.17. The molecule has 0 bridgehead atoms. The van der Waals surface area contributed by atoms with Crippen molar-refractivity contribution in [3.63, 3.8) is 0 Å². The summed E-state index contributed by atoms with van der Waals surface area (Å²) in [6.45, 7) is 17.3. The molecule has 1 heterocycles. The van der Waals surface area contributed by atoms with Crippen LogP contribution in [0.15, 0.2) is 60.7 Å². The number of hydrogen-bond acceptors (Lipinski definition) is 3. The molecule has 0 saturated carbocycles. The van der Waals surface area contributed by atoms with Gasteiger partial charge in [-0.2, -0.15) is 0 Å². The molecule has 0 spiro atoms. The van der Waals surface area contributed by atoms with E-state index in [0.29, 0.717) is 28.7 Å². The van der Waals surface area contributed by atoms with Gasteiger partial charge in [0.05, 0.1) is 6.04 Å². The number of carbonyl (C=O) groups excluding carboxylic acids is 1. The molecule has 1 aromatic heterocycles. The lowest BCUT2D eigenvalue weighted by atomic mass is 9.86. The fourth-order valence-electron chi connectivity index (χ4n) is 5.40. The van der Waals surface area contributed by atoms with Crippen molar-refractivity contribution in [1.29, 1.82) is 0 Å². The number of rotatable bonds is 10. The van der Waals surface area contributed by atoms with E-state index in [1.807, 2.05) is 37.3 Å². The Hall–Kier alpha value is -3.77. The van der Waals surface area contributed by atoms with Gasteiger partial charge in [-0.25, -0.2) is 4.79 Å². The molecule has 7 heteroatoms. The number of carboxylic acids is 1. The second-order valence-electron chi connectivity index (χ2n) is 12.9. The summed E-state index contributed by atoms with van der Waals surface area (Å²) < 4.78 is 7.89. The molecule has 2 N–H and O–H groups in total. The standard InChI is InChI=1S/C36H43ClN2O4/c1-21(2)20-39-23(4)32(17-25-15-29(37)19-30(16-25)43-24(5)35(41)42)31-14-11-27(18-33(31)39)34(40)38-22(3)26-9-12-28(13-10-26)36(6,7)8/h9-16,18-19,21-22,24H,17,20H2,1-8H3,(H,38,40)(H,41,42)/t22-,24+/m0/s1. The van der Waals surface area contributed by atoms with Crippen LogP contribution in [0, 0.1) is 12.8 Å². The number of halogens is 1. The van der Waals surface area contributed by atoms with Gasteiger partial charge in [-0.15, -0.1) is 0 Å². The number of hydrogen-bond donors (Lipinski definition) is 2. The van der Waals surface area contributed by atoms with Gasteiger partial charge in [0.15, 0.2) is 6.10 Å². The summed E-state index contributed by atoms with van der Waals surface area (Å²) in [6, 6.07) is 19.6. The number of nitrogens with one attached hydrogen (secondary N) is 1. The summed E-state index contributed by atoms with van der Waals surface area (Å²) in [7, 11) is 0. The first-order valence-corrected chi connectivity index (χ1v) is 15.2. The minimum atomic E-state index is -1.04. The Kier molecular flexibility index (Phi) is 9.60. The zero-order valence-corrected chi connectivity index (χ0v) is 27.2. The summed E-state index contributed by atoms with van der Waals surface area (Å²) in [5.74, 6) is -0.335. The second kappa shape index (κ2) is 12.8. The van der Waals surface area contributed by atoms with Crippen molar-refractivity contribution in [2.24, 2.45) is 5.92 Å². The van der Waals surface area contributed by atoms with Crippen molar-refractivity contribution in [3.8, 4) is 5.75 Å². The van der Waals surface area contributed by atoms with Crippen LogP contribution < -0.4 is 10.1 Å². The van der Waals surface area contributed by atoms with Crippen LogP contribution >= 0.6 is 11.6 Å². The third kappa shape index (κ3) is 7.61. The summed E-state index contributed by atoms with van der Waals surface area (Å²) >= 11 is 6.40. The van der Waals surface area contributed by atoms with Crippen LogP contribution in [-0.2, 0) is 23.2 Å². The Balaban J connectivity index is 1.64. The number of amides is 1. The third-order valence-electron chi connectivity index (χ3n) is 7.86. The number of aromatic nitrogens is 1. The molecule has 1 amide bonds. The first-order chi connectivity index (χ1) is 20.1. The summed E-state index contributed by atoms with van der Waals surface area (Å²) in [6.07, 6.45) is -0.407. The second-order valence-corrected chi connectivity index (χ2v) is 13.4. The van der Waals surface area contributed by atoms with Crippen molar-refractivity contribution in [2.45, 2.75) is 85.9 Å². The number of carbonyl (C=O) groups is 2. The zero-order chi connectivity index (χ0) is 31.6. The van der Waals surface area contributed by atoms with E-state index >= 15 is 0 Å². The Morgan fingerprint density at radius 3 is 2.26 bits per heavy atom. The van der Waals surface area contributed by atoms with Crippen molar-refractivity contribution in [1.82, 2.24) is 9.88 Å².